The largest absolute Gasteiger partial charge is 0.493 e. The molecule has 134 valence electrons. The maximum absolute atomic E-state index is 13.7. The van der Waals surface area contributed by atoms with Gasteiger partial charge in [-0.1, -0.05) is 6.07 Å². The van der Waals surface area contributed by atoms with Crippen LogP contribution in [0.15, 0.2) is 48.7 Å². The molecular weight excluding hydrogens is 342 g/mol. The SMILES string of the molecule is COc1ccc(Nc2ccnc(Nc3c(F)cccc3F)n2)cc1OC. The van der Waals surface area contributed by atoms with Gasteiger partial charge in [0.25, 0.3) is 0 Å². The number of para-hydroxylation sites is 1. The normalized spacial score (nSPS) is 10.3. The number of anilines is 4. The summed E-state index contributed by atoms with van der Waals surface area (Å²) in [7, 11) is 3.09. The summed E-state index contributed by atoms with van der Waals surface area (Å²) < 4.78 is 37.9. The van der Waals surface area contributed by atoms with E-state index in [-0.39, 0.29) is 11.6 Å². The van der Waals surface area contributed by atoms with Gasteiger partial charge in [-0.3, -0.25) is 0 Å². The Hall–Kier alpha value is -3.42. The number of rotatable bonds is 6. The Morgan fingerprint density at radius 2 is 1.62 bits per heavy atom. The predicted octanol–water partition coefficient (Wildman–Crippen LogP) is 4.26. The van der Waals surface area contributed by atoms with Crippen LogP contribution in [0.3, 0.4) is 0 Å². The van der Waals surface area contributed by atoms with E-state index in [1.807, 2.05) is 0 Å². The quantitative estimate of drug-likeness (QED) is 0.686. The molecule has 2 aromatic carbocycles. The number of hydrogen-bond donors (Lipinski definition) is 2. The number of nitrogens with one attached hydrogen (secondary N) is 2. The smallest absolute Gasteiger partial charge is 0.229 e. The Balaban J connectivity index is 1.82. The number of hydrogen-bond acceptors (Lipinski definition) is 6. The van der Waals surface area contributed by atoms with Crippen molar-refractivity contribution in [2.75, 3.05) is 24.9 Å². The zero-order valence-corrected chi connectivity index (χ0v) is 14.1. The van der Waals surface area contributed by atoms with Crippen molar-refractivity contribution >= 4 is 23.1 Å². The Kier molecular flexibility index (Phi) is 5.12. The molecule has 0 unspecified atom stereocenters. The number of ether oxygens (including phenoxy) is 2. The third-order valence-electron chi connectivity index (χ3n) is 3.51. The van der Waals surface area contributed by atoms with Crippen LogP contribution >= 0.6 is 0 Å². The lowest BCUT2D eigenvalue weighted by molar-refractivity contribution is 0.355. The lowest BCUT2D eigenvalue weighted by atomic mass is 10.2. The van der Waals surface area contributed by atoms with Crippen LogP contribution in [-0.4, -0.2) is 24.2 Å². The van der Waals surface area contributed by atoms with Gasteiger partial charge in [0.05, 0.1) is 14.2 Å². The lowest BCUT2D eigenvalue weighted by Crippen LogP contribution is -2.03. The molecule has 6 nitrogen and oxygen atoms in total. The van der Waals surface area contributed by atoms with Crippen LogP contribution in [0, 0.1) is 11.6 Å². The van der Waals surface area contributed by atoms with Crippen LogP contribution in [0.5, 0.6) is 11.5 Å². The zero-order valence-electron chi connectivity index (χ0n) is 14.1. The van der Waals surface area contributed by atoms with Crippen molar-refractivity contribution in [1.29, 1.82) is 0 Å². The summed E-state index contributed by atoms with van der Waals surface area (Å²) in [5, 5.41) is 5.62. The van der Waals surface area contributed by atoms with Crippen molar-refractivity contribution in [1.82, 2.24) is 9.97 Å². The second-order valence-electron chi connectivity index (χ2n) is 5.18. The Labute approximate surface area is 148 Å². The van der Waals surface area contributed by atoms with E-state index in [1.54, 1.807) is 31.4 Å². The number of halogens is 2. The summed E-state index contributed by atoms with van der Waals surface area (Å²) in [6.07, 6.45) is 1.47. The van der Waals surface area contributed by atoms with E-state index in [1.165, 1.54) is 19.4 Å². The minimum atomic E-state index is -0.730. The number of aromatic nitrogens is 2. The third kappa shape index (κ3) is 3.80. The van der Waals surface area contributed by atoms with Gasteiger partial charge in [0.2, 0.25) is 5.95 Å². The first-order valence-corrected chi connectivity index (χ1v) is 7.64. The summed E-state index contributed by atoms with van der Waals surface area (Å²) in [4.78, 5) is 8.18. The highest BCUT2D eigenvalue weighted by atomic mass is 19.1. The minimum absolute atomic E-state index is 0.0551. The monoisotopic (exact) mass is 358 g/mol. The van der Waals surface area contributed by atoms with Gasteiger partial charge in [-0.25, -0.2) is 13.8 Å². The lowest BCUT2D eigenvalue weighted by Gasteiger charge is -2.12. The van der Waals surface area contributed by atoms with Gasteiger partial charge in [-0.05, 0) is 30.3 Å². The molecule has 0 aliphatic carbocycles. The van der Waals surface area contributed by atoms with Gasteiger partial charge < -0.3 is 20.1 Å². The molecule has 0 bridgehead atoms. The van der Waals surface area contributed by atoms with E-state index in [4.69, 9.17) is 9.47 Å². The molecule has 0 atom stereocenters. The van der Waals surface area contributed by atoms with Gasteiger partial charge in [0, 0.05) is 18.0 Å². The van der Waals surface area contributed by atoms with Crippen LogP contribution in [-0.2, 0) is 0 Å². The van der Waals surface area contributed by atoms with Gasteiger partial charge in [-0.2, -0.15) is 4.98 Å². The number of benzene rings is 2. The Morgan fingerprint density at radius 1 is 0.885 bits per heavy atom. The molecule has 0 amide bonds. The highest BCUT2D eigenvalue weighted by molar-refractivity contribution is 5.63. The highest BCUT2D eigenvalue weighted by Gasteiger charge is 2.10. The molecule has 8 heteroatoms. The van der Waals surface area contributed by atoms with E-state index in [9.17, 15) is 8.78 Å². The second-order valence-corrected chi connectivity index (χ2v) is 5.18. The Bertz CT molecular complexity index is 901. The van der Waals surface area contributed by atoms with Crippen LogP contribution < -0.4 is 20.1 Å². The molecule has 26 heavy (non-hydrogen) atoms. The first-order valence-electron chi connectivity index (χ1n) is 7.64. The van der Waals surface area contributed by atoms with E-state index in [0.717, 1.165) is 12.1 Å². The minimum Gasteiger partial charge on any atom is -0.493 e. The van der Waals surface area contributed by atoms with E-state index < -0.39 is 11.6 Å². The van der Waals surface area contributed by atoms with Crippen molar-refractivity contribution in [2.24, 2.45) is 0 Å². The summed E-state index contributed by atoms with van der Waals surface area (Å²) in [6, 6.07) is 10.5. The fourth-order valence-corrected chi connectivity index (χ4v) is 2.28. The van der Waals surface area contributed by atoms with Crippen molar-refractivity contribution in [3.63, 3.8) is 0 Å². The second kappa shape index (κ2) is 7.64. The maximum atomic E-state index is 13.7. The zero-order chi connectivity index (χ0) is 18.5. The average molecular weight is 358 g/mol. The Morgan fingerprint density at radius 3 is 2.31 bits per heavy atom. The molecule has 0 fully saturated rings. The van der Waals surface area contributed by atoms with Crippen LogP contribution in [0.1, 0.15) is 0 Å². The molecule has 3 rings (SSSR count). The molecule has 0 spiro atoms. The molecular formula is C18H16F2N4O2. The number of nitrogens with zero attached hydrogens (tertiary/aromatic N) is 2. The van der Waals surface area contributed by atoms with Crippen LogP contribution in [0.25, 0.3) is 0 Å². The molecule has 0 saturated heterocycles. The summed E-state index contributed by atoms with van der Waals surface area (Å²) in [5.74, 6) is 0.182. The first-order chi connectivity index (χ1) is 12.6. The molecule has 0 aliphatic heterocycles. The molecule has 0 aliphatic rings. The fraction of sp³-hybridized carbons (Fsp3) is 0.111. The van der Waals surface area contributed by atoms with Gasteiger partial charge in [0.1, 0.15) is 23.1 Å². The molecule has 3 aromatic rings. The van der Waals surface area contributed by atoms with Crippen LogP contribution in [0.4, 0.5) is 31.9 Å². The van der Waals surface area contributed by atoms with E-state index >= 15 is 0 Å². The average Bonchev–Trinajstić information content (AvgIpc) is 2.65. The summed E-state index contributed by atoms with van der Waals surface area (Å²) in [6.45, 7) is 0. The van der Waals surface area contributed by atoms with Crippen molar-refractivity contribution in [3.8, 4) is 11.5 Å². The molecule has 2 N–H and O–H groups in total. The standard InChI is InChI=1S/C18H16F2N4O2/c1-25-14-7-6-11(10-15(14)26-2)22-16-8-9-21-18(23-16)24-17-12(19)4-3-5-13(17)20/h3-10H,1-2H3,(H2,21,22,23,24). The highest BCUT2D eigenvalue weighted by Crippen LogP contribution is 2.31. The van der Waals surface area contributed by atoms with Gasteiger partial charge >= 0.3 is 0 Å². The number of methoxy groups -OCH3 is 2. The predicted molar refractivity (Wildman–Crippen MR) is 94.5 cm³/mol. The van der Waals surface area contributed by atoms with Crippen molar-refractivity contribution in [3.05, 3.63) is 60.3 Å². The topological polar surface area (TPSA) is 68.3 Å². The van der Waals surface area contributed by atoms with Crippen molar-refractivity contribution < 1.29 is 18.3 Å². The van der Waals surface area contributed by atoms with Crippen LogP contribution in [0.2, 0.25) is 0 Å². The molecule has 1 heterocycles. The van der Waals surface area contributed by atoms with Gasteiger partial charge in [0.15, 0.2) is 11.5 Å². The first kappa shape index (κ1) is 17.4. The third-order valence-corrected chi connectivity index (χ3v) is 3.51. The van der Waals surface area contributed by atoms with E-state index in [0.29, 0.717) is 23.0 Å². The summed E-state index contributed by atoms with van der Waals surface area (Å²) in [5.41, 5.74) is 0.389. The maximum Gasteiger partial charge on any atom is 0.229 e. The fourth-order valence-electron chi connectivity index (χ4n) is 2.28. The van der Waals surface area contributed by atoms with Crippen molar-refractivity contribution in [2.45, 2.75) is 0 Å². The molecule has 0 radical (unpaired) electrons. The molecule has 1 aromatic heterocycles. The summed E-state index contributed by atoms with van der Waals surface area (Å²) >= 11 is 0. The van der Waals surface area contributed by atoms with E-state index in [2.05, 4.69) is 20.6 Å². The molecule has 0 saturated carbocycles. The van der Waals surface area contributed by atoms with Gasteiger partial charge in [-0.15, -0.1) is 0 Å².